The summed E-state index contributed by atoms with van der Waals surface area (Å²) >= 11 is 0. The third-order valence-electron chi connectivity index (χ3n) is 22.1. The molecule has 0 radical (unpaired) electrons. The number of carboxylic acid groups (broad SMARTS) is 1. The van der Waals surface area contributed by atoms with Crippen LogP contribution in [0.4, 0.5) is 0 Å². The van der Waals surface area contributed by atoms with E-state index in [-0.39, 0.29) is 0 Å². The molecule has 1 aliphatic rings. The van der Waals surface area contributed by atoms with Crippen molar-refractivity contribution in [3.8, 4) is 0 Å². The molecule has 0 saturated heterocycles. The zero-order valence-electron chi connectivity index (χ0n) is 62.0. The van der Waals surface area contributed by atoms with Crippen LogP contribution in [0.1, 0.15) is 496 Å². The molecule has 1 aliphatic carbocycles. The van der Waals surface area contributed by atoms with Crippen LogP contribution in [0.3, 0.4) is 0 Å². The molecular weight excluding hydrogens is 1080 g/mol. The van der Waals surface area contributed by atoms with E-state index in [1.807, 2.05) is 7.11 Å². The average Bonchev–Trinajstić information content (AvgIpc) is 4.45. The van der Waals surface area contributed by atoms with Crippen LogP contribution < -0.4 is 0 Å². The summed E-state index contributed by atoms with van der Waals surface area (Å²) in [4.78, 5) is 12.0. The number of aliphatic carboxylic acids is 1. The maximum Gasteiger partial charge on any atom is 0.309 e. The van der Waals surface area contributed by atoms with Crippen molar-refractivity contribution < 1.29 is 19.7 Å². The summed E-state index contributed by atoms with van der Waals surface area (Å²) in [6.07, 6.45) is 102. The zero-order chi connectivity index (χ0) is 64.1. The van der Waals surface area contributed by atoms with Gasteiger partial charge in [0.2, 0.25) is 0 Å². The molecule has 1 rings (SSSR count). The molecule has 6 unspecified atom stereocenters. The lowest BCUT2D eigenvalue weighted by molar-refractivity contribution is -0.146. The number of ether oxygens (including phenoxy) is 1. The number of hydrogen-bond donors (Lipinski definition) is 2. The van der Waals surface area contributed by atoms with Crippen molar-refractivity contribution >= 4 is 5.97 Å². The van der Waals surface area contributed by atoms with Gasteiger partial charge >= 0.3 is 5.97 Å². The van der Waals surface area contributed by atoms with Gasteiger partial charge in [-0.25, -0.2) is 0 Å². The molecule has 0 bridgehead atoms. The Balaban J connectivity index is 1.76. The van der Waals surface area contributed by atoms with Crippen LogP contribution in [0, 0.1) is 23.7 Å². The van der Waals surface area contributed by atoms with Crippen molar-refractivity contribution in [2.24, 2.45) is 23.7 Å². The van der Waals surface area contributed by atoms with Gasteiger partial charge in [-0.1, -0.05) is 464 Å². The fourth-order valence-corrected chi connectivity index (χ4v) is 15.4. The van der Waals surface area contributed by atoms with Crippen molar-refractivity contribution in [2.45, 2.75) is 508 Å². The highest BCUT2D eigenvalue weighted by molar-refractivity contribution is 5.70. The first-order chi connectivity index (χ1) is 43.9. The molecule has 2 N–H and O–H groups in total. The second-order valence-corrected chi connectivity index (χ2v) is 30.7. The van der Waals surface area contributed by atoms with Crippen LogP contribution in [0.5, 0.6) is 0 Å². The molecule has 0 aromatic rings. The van der Waals surface area contributed by atoms with Crippen LogP contribution in [-0.2, 0) is 9.53 Å². The van der Waals surface area contributed by atoms with Crippen LogP contribution >= 0.6 is 0 Å². The predicted molar refractivity (Wildman–Crippen MR) is 397 cm³/mol. The molecule has 89 heavy (non-hydrogen) atoms. The lowest BCUT2D eigenvalue weighted by Crippen LogP contribution is -2.28. The third-order valence-corrected chi connectivity index (χ3v) is 22.1. The zero-order valence-corrected chi connectivity index (χ0v) is 62.0. The standard InChI is InChI=1S/C85H168O4/c1-5-7-9-11-13-15-17-19-21-23-24-25-26-27-30-34-38-45-51-57-63-69-75-82(85(87)88)83(86)76-70-64-58-52-46-41-40-44-50-56-62-68-74-81-78-80(81)73-67-61-55-49-43-37-33-29-28-31-35-39-47-53-59-65-71-77-84(89-4)79(3)72-66-60-54-48-42-36-32-22-20-18-16-14-12-10-8-6-2/h79-84,86H,5-78H2,1-4H3,(H,87,88). The summed E-state index contributed by atoms with van der Waals surface area (Å²) in [5.74, 6) is 1.49. The Morgan fingerprint density at radius 1 is 0.303 bits per heavy atom. The summed E-state index contributed by atoms with van der Waals surface area (Å²) in [5.41, 5.74) is 0. The van der Waals surface area contributed by atoms with Gasteiger partial charge in [0.1, 0.15) is 0 Å². The van der Waals surface area contributed by atoms with E-state index in [1.165, 1.54) is 437 Å². The maximum absolute atomic E-state index is 12.0. The van der Waals surface area contributed by atoms with Gasteiger partial charge in [0.15, 0.2) is 0 Å². The molecule has 4 heteroatoms. The molecule has 0 heterocycles. The highest BCUT2D eigenvalue weighted by Gasteiger charge is 2.35. The minimum atomic E-state index is -0.797. The Hall–Kier alpha value is -0.610. The molecule has 1 fully saturated rings. The van der Waals surface area contributed by atoms with Crippen molar-refractivity contribution in [2.75, 3.05) is 7.11 Å². The van der Waals surface area contributed by atoms with Crippen molar-refractivity contribution in [1.29, 1.82) is 0 Å². The summed E-state index contributed by atoms with van der Waals surface area (Å²) in [7, 11) is 1.96. The first-order valence-electron chi connectivity index (χ1n) is 42.4. The first kappa shape index (κ1) is 86.4. The Morgan fingerprint density at radius 3 is 0.742 bits per heavy atom. The molecule has 0 aliphatic heterocycles. The summed E-state index contributed by atoms with van der Waals surface area (Å²) in [5, 5.41) is 20.6. The maximum atomic E-state index is 12.0. The molecule has 0 aromatic carbocycles. The van der Waals surface area contributed by atoms with E-state index in [4.69, 9.17) is 4.74 Å². The van der Waals surface area contributed by atoms with Gasteiger partial charge in [0.25, 0.3) is 0 Å². The minimum Gasteiger partial charge on any atom is -0.481 e. The van der Waals surface area contributed by atoms with Gasteiger partial charge in [0.05, 0.1) is 18.1 Å². The second kappa shape index (κ2) is 71.7. The predicted octanol–water partition coefficient (Wildman–Crippen LogP) is 29.9. The molecule has 0 amide bonds. The van der Waals surface area contributed by atoms with Gasteiger partial charge in [-0.3, -0.25) is 4.79 Å². The van der Waals surface area contributed by atoms with Crippen LogP contribution in [-0.4, -0.2) is 35.5 Å². The van der Waals surface area contributed by atoms with Gasteiger partial charge in [0, 0.05) is 7.11 Å². The molecular formula is C85H168O4. The van der Waals surface area contributed by atoms with Gasteiger partial charge in [-0.2, -0.15) is 0 Å². The van der Waals surface area contributed by atoms with E-state index in [1.54, 1.807) is 0 Å². The third kappa shape index (κ3) is 63.2. The number of carbonyl (C=O) groups is 1. The van der Waals surface area contributed by atoms with E-state index in [2.05, 4.69) is 20.8 Å². The number of aliphatic hydroxyl groups excluding tert-OH is 1. The molecule has 0 aromatic heterocycles. The molecule has 1 saturated carbocycles. The van der Waals surface area contributed by atoms with Gasteiger partial charge in [-0.15, -0.1) is 0 Å². The Morgan fingerprint density at radius 2 is 0.506 bits per heavy atom. The monoisotopic (exact) mass is 1250 g/mol. The lowest BCUT2D eigenvalue weighted by atomic mass is 9.91. The number of methoxy groups -OCH3 is 1. The van der Waals surface area contributed by atoms with E-state index < -0.39 is 18.0 Å². The number of aliphatic hydroxyl groups is 1. The molecule has 532 valence electrons. The summed E-state index contributed by atoms with van der Waals surface area (Å²) in [6, 6.07) is 0. The van der Waals surface area contributed by atoms with E-state index in [0.717, 1.165) is 37.5 Å². The number of hydrogen-bond acceptors (Lipinski definition) is 3. The number of rotatable bonds is 79. The van der Waals surface area contributed by atoms with Crippen molar-refractivity contribution in [1.82, 2.24) is 0 Å². The van der Waals surface area contributed by atoms with Crippen molar-refractivity contribution in [3.05, 3.63) is 0 Å². The van der Waals surface area contributed by atoms with Crippen LogP contribution in [0.15, 0.2) is 0 Å². The van der Waals surface area contributed by atoms with Crippen LogP contribution in [0.25, 0.3) is 0 Å². The van der Waals surface area contributed by atoms with Crippen LogP contribution in [0.2, 0.25) is 0 Å². The van der Waals surface area contributed by atoms with E-state index in [0.29, 0.717) is 24.9 Å². The van der Waals surface area contributed by atoms with Gasteiger partial charge in [-0.05, 0) is 49.9 Å². The number of unbranched alkanes of at least 4 members (excludes halogenated alkanes) is 63. The highest BCUT2D eigenvalue weighted by atomic mass is 16.5. The smallest absolute Gasteiger partial charge is 0.309 e. The minimum absolute atomic E-state index is 0.470. The fourth-order valence-electron chi connectivity index (χ4n) is 15.4. The largest absolute Gasteiger partial charge is 0.481 e. The number of carboxylic acids is 1. The lowest BCUT2D eigenvalue weighted by Gasteiger charge is -2.22. The SMILES string of the molecule is CCCCCCCCCCCCCCCCCCCCCCCCC(C(=O)O)C(O)CCCCCCCCCCCCCCC1CC1CCCCCCCCCCCCCCCCCCCC(OC)C(C)CCCCCCCCCCCCCCCCCC. The fraction of sp³-hybridized carbons (Fsp3) is 0.988. The normalized spacial score (nSPS) is 15.5. The van der Waals surface area contributed by atoms with Gasteiger partial charge < -0.3 is 14.9 Å². The highest BCUT2D eigenvalue weighted by Crippen LogP contribution is 2.46. The Labute approximate surface area is 561 Å². The van der Waals surface area contributed by atoms with E-state index >= 15 is 0 Å². The van der Waals surface area contributed by atoms with E-state index in [9.17, 15) is 15.0 Å². The first-order valence-corrected chi connectivity index (χ1v) is 42.4. The quantitative estimate of drug-likeness (QED) is 0.0596. The topological polar surface area (TPSA) is 66.8 Å². The Bertz CT molecular complexity index is 1330. The summed E-state index contributed by atoms with van der Waals surface area (Å²) in [6.45, 7) is 7.06. The molecule has 0 spiro atoms. The Kier molecular flexibility index (Phi) is 69.6. The molecule has 6 atom stereocenters. The second-order valence-electron chi connectivity index (χ2n) is 30.7. The summed E-state index contributed by atoms with van der Waals surface area (Å²) < 4.78 is 5.98. The van der Waals surface area contributed by atoms with Crippen molar-refractivity contribution in [3.63, 3.8) is 0 Å². The average molecular weight is 1250 g/mol. The molecule has 4 nitrogen and oxygen atoms in total.